The van der Waals surface area contributed by atoms with Crippen LogP contribution in [0.2, 0.25) is 0 Å². The van der Waals surface area contributed by atoms with Gasteiger partial charge in [0.1, 0.15) is 0 Å². The molecular weight excluding hydrogens is 318 g/mol. The number of imide groups is 1. The van der Waals surface area contributed by atoms with Crippen molar-refractivity contribution in [2.24, 2.45) is 11.7 Å². The summed E-state index contributed by atoms with van der Waals surface area (Å²) in [4.78, 5) is 44.2. The maximum atomic E-state index is 12.7. The Balaban J connectivity index is 1.89. The summed E-state index contributed by atoms with van der Waals surface area (Å²) in [5, 5.41) is 3.49. The van der Waals surface area contributed by atoms with Crippen LogP contribution in [0.5, 0.6) is 0 Å². The Labute approximate surface area is 137 Å². The fraction of sp³-hybridized carbons (Fsp3) is 0.533. The van der Waals surface area contributed by atoms with Crippen LogP contribution in [0.1, 0.15) is 30.7 Å². The predicted octanol–water partition coefficient (Wildman–Crippen LogP) is 0.675. The molecule has 1 aromatic heterocycles. The molecule has 2 saturated heterocycles. The van der Waals surface area contributed by atoms with Crippen LogP contribution in [-0.2, 0) is 19.2 Å². The quantitative estimate of drug-likeness (QED) is 0.771. The fourth-order valence-electron chi connectivity index (χ4n) is 3.16. The summed E-state index contributed by atoms with van der Waals surface area (Å²) in [5.41, 5.74) is 5.21. The Morgan fingerprint density at radius 3 is 2.74 bits per heavy atom. The summed E-state index contributed by atoms with van der Waals surface area (Å²) in [6, 6.07) is 3.46. The van der Waals surface area contributed by atoms with Gasteiger partial charge in [0.15, 0.2) is 6.10 Å². The van der Waals surface area contributed by atoms with Gasteiger partial charge in [-0.2, -0.15) is 5.06 Å². The van der Waals surface area contributed by atoms with E-state index in [0.29, 0.717) is 13.0 Å². The number of likely N-dealkylation sites (tertiary alicyclic amines) is 1. The van der Waals surface area contributed by atoms with E-state index in [-0.39, 0.29) is 30.8 Å². The largest absolute Gasteiger partial charge is 0.370 e. The van der Waals surface area contributed by atoms with Gasteiger partial charge in [-0.25, -0.2) is 0 Å². The zero-order valence-corrected chi connectivity index (χ0v) is 13.6. The third-order valence-electron chi connectivity index (χ3n) is 4.15. The molecule has 7 nitrogen and oxygen atoms in total. The van der Waals surface area contributed by atoms with Gasteiger partial charge in [-0.3, -0.25) is 24.1 Å². The summed E-state index contributed by atoms with van der Waals surface area (Å²) in [5.74, 6) is -1.48. The predicted molar refractivity (Wildman–Crippen MR) is 83.0 cm³/mol. The van der Waals surface area contributed by atoms with Gasteiger partial charge >= 0.3 is 0 Å². The van der Waals surface area contributed by atoms with E-state index in [2.05, 4.69) is 0 Å². The number of carbonyl (C=O) groups excluding carboxylic acids is 3. The average molecular weight is 337 g/mol. The smallest absolute Gasteiger partial charge is 0.261 e. The number of hydroxylamine groups is 2. The van der Waals surface area contributed by atoms with E-state index in [9.17, 15) is 14.4 Å². The summed E-state index contributed by atoms with van der Waals surface area (Å²) >= 11 is 1.51. The van der Waals surface area contributed by atoms with Gasteiger partial charge in [0.2, 0.25) is 11.8 Å². The molecular formula is C15H19N3O4S. The maximum absolute atomic E-state index is 12.7. The van der Waals surface area contributed by atoms with Crippen LogP contribution in [0.25, 0.3) is 0 Å². The average Bonchev–Trinajstić information content (AvgIpc) is 3.19. The zero-order chi connectivity index (χ0) is 16.6. The van der Waals surface area contributed by atoms with Crippen LogP contribution in [0.15, 0.2) is 17.5 Å². The number of nitrogens with two attached hydrogens (primary N) is 1. The summed E-state index contributed by atoms with van der Waals surface area (Å²) in [7, 11) is 0. The van der Waals surface area contributed by atoms with Gasteiger partial charge in [0.05, 0.1) is 12.0 Å². The van der Waals surface area contributed by atoms with Gasteiger partial charge in [-0.15, -0.1) is 11.3 Å². The molecule has 0 bridgehead atoms. The minimum Gasteiger partial charge on any atom is -0.370 e. The molecule has 2 fully saturated rings. The maximum Gasteiger partial charge on any atom is 0.261 e. The first kappa shape index (κ1) is 16.1. The molecule has 0 aliphatic carbocycles. The van der Waals surface area contributed by atoms with E-state index >= 15 is 0 Å². The van der Waals surface area contributed by atoms with E-state index in [4.69, 9.17) is 10.6 Å². The third-order valence-corrected chi connectivity index (χ3v) is 5.09. The van der Waals surface area contributed by atoms with Crippen molar-refractivity contribution in [3.63, 3.8) is 0 Å². The minimum absolute atomic E-state index is 0.113. The van der Waals surface area contributed by atoms with Crippen LogP contribution >= 0.6 is 11.3 Å². The Kier molecular flexibility index (Phi) is 4.47. The highest BCUT2D eigenvalue weighted by Crippen LogP contribution is 2.45. The zero-order valence-electron chi connectivity index (χ0n) is 12.8. The number of thiophene rings is 1. The van der Waals surface area contributed by atoms with Crippen LogP contribution in [0.4, 0.5) is 0 Å². The van der Waals surface area contributed by atoms with Crippen LogP contribution in [0, 0.1) is 5.92 Å². The van der Waals surface area contributed by atoms with E-state index < -0.39 is 17.9 Å². The summed E-state index contributed by atoms with van der Waals surface area (Å²) in [6.07, 6.45) is 0.0305. The van der Waals surface area contributed by atoms with E-state index in [1.807, 2.05) is 24.4 Å². The van der Waals surface area contributed by atoms with Crippen molar-refractivity contribution in [1.82, 2.24) is 9.96 Å². The molecule has 1 aromatic rings. The molecule has 3 amide bonds. The lowest BCUT2D eigenvalue weighted by molar-refractivity contribution is -0.179. The molecule has 0 radical (unpaired) electrons. The Bertz CT molecular complexity index is 618. The van der Waals surface area contributed by atoms with Gasteiger partial charge < -0.3 is 5.73 Å². The first-order chi connectivity index (χ1) is 11.0. The molecule has 0 saturated carbocycles. The molecule has 3 rings (SSSR count). The fourth-order valence-corrected chi connectivity index (χ4v) is 4.04. The van der Waals surface area contributed by atoms with Crippen molar-refractivity contribution >= 4 is 29.1 Å². The van der Waals surface area contributed by atoms with Gasteiger partial charge in [0.25, 0.3) is 5.91 Å². The number of carbonyl (C=O) groups is 3. The molecule has 3 unspecified atom stereocenters. The van der Waals surface area contributed by atoms with Gasteiger partial charge in [0, 0.05) is 24.4 Å². The second-order valence-corrected chi connectivity index (χ2v) is 6.68. The van der Waals surface area contributed by atoms with Crippen molar-refractivity contribution in [3.05, 3.63) is 22.4 Å². The highest BCUT2D eigenvalue weighted by molar-refractivity contribution is 7.10. The van der Waals surface area contributed by atoms with Gasteiger partial charge in [-0.1, -0.05) is 13.0 Å². The second-order valence-electron chi connectivity index (χ2n) is 5.70. The standard InChI is InChI=1S/C15H19N3O4S/c1-2-6-17-14(20)11-12(9-4-3-8-23-9)18(7-5-10(16)19)22-13(11)15(17)21/h3-4,8,11-13H,2,5-7H2,1H3,(H2,16,19). The molecule has 0 spiro atoms. The Morgan fingerprint density at radius 1 is 1.35 bits per heavy atom. The molecule has 2 aliphatic rings. The molecule has 0 aromatic carbocycles. The molecule has 8 heteroatoms. The number of fused-ring (bicyclic) bond motifs is 1. The van der Waals surface area contributed by atoms with Crippen molar-refractivity contribution in [1.29, 1.82) is 0 Å². The number of primary amides is 1. The third kappa shape index (κ3) is 2.77. The molecule has 124 valence electrons. The highest BCUT2D eigenvalue weighted by Gasteiger charge is 2.59. The Morgan fingerprint density at radius 2 is 2.13 bits per heavy atom. The highest BCUT2D eigenvalue weighted by atomic mass is 32.1. The summed E-state index contributed by atoms with van der Waals surface area (Å²) < 4.78 is 0. The van der Waals surface area contributed by atoms with Crippen LogP contribution in [-0.4, -0.2) is 46.9 Å². The monoisotopic (exact) mass is 337 g/mol. The normalized spacial score (nSPS) is 27.7. The van der Waals surface area contributed by atoms with Crippen LogP contribution in [0.3, 0.4) is 0 Å². The van der Waals surface area contributed by atoms with E-state index in [0.717, 1.165) is 4.88 Å². The molecule has 23 heavy (non-hydrogen) atoms. The van der Waals surface area contributed by atoms with Crippen molar-refractivity contribution < 1.29 is 19.2 Å². The number of hydrogen-bond donors (Lipinski definition) is 1. The number of amides is 3. The molecule has 2 N–H and O–H groups in total. The number of rotatable bonds is 6. The van der Waals surface area contributed by atoms with Gasteiger partial charge in [-0.05, 0) is 17.9 Å². The summed E-state index contributed by atoms with van der Waals surface area (Å²) in [6.45, 7) is 2.59. The second kappa shape index (κ2) is 6.38. The van der Waals surface area contributed by atoms with Crippen molar-refractivity contribution in [3.8, 4) is 0 Å². The first-order valence-corrected chi connectivity index (χ1v) is 8.53. The minimum atomic E-state index is -0.797. The number of nitrogens with zero attached hydrogens (tertiary/aromatic N) is 2. The van der Waals surface area contributed by atoms with Crippen LogP contribution < -0.4 is 5.73 Å². The molecule has 3 heterocycles. The first-order valence-electron chi connectivity index (χ1n) is 7.65. The van der Waals surface area contributed by atoms with E-state index in [1.165, 1.54) is 16.2 Å². The molecule has 2 aliphatic heterocycles. The number of hydrogen-bond acceptors (Lipinski definition) is 6. The SMILES string of the molecule is CCCN1C(=O)C2ON(CCC(N)=O)C(c3cccs3)C2C1=O. The Hall–Kier alpha value is -1.77. The molecule has 3 atom stereocenters. The topological polar surface area (TPSA) is 92.9 Å². The lowest BCUT2D eigenvalue weighted by Crippen LogP contribution is -2.38. The van der Waals surface area contributed by atoms with E-state index in [1.54, 1.807) is 5.06 Å². The lowest BCUT2D eigenvalue weighted by atomic mass is 9.95. The lowest BCUT2D eigenvalue weighted by Gasteiger charge is -2.25. The van der Waals surface area contributed by atoms with Crippen molar-refractivity contribution in [2.45, 2.75) is 31.9 Å². The van der Waals surface area contributed by atoms with Crippen molar-refractivity contribution in [2.75, 3.05) is 13.1 Å².